The van der Waals surface area contributed by atoms with E-state index >= 15 is 0 Å². The molecule has 0 saturated carbocycles. The van der Waals surface area contributed by atoms with Gasteiger partial charge in [-0.25, -0.2) is 9.59 Å². The summed E-state index contributed by atoms with van der Waals surface area (Å²) in [4.78, 5) is 24.6. The van der Waals surface area contributed by atoms with Crippen molar-refractivity contribution < 1.29 is 33.3 Å². The number of hydrogen-bond donors (Lipinski definition) is 1. The van der Waals surface area contributed by atoms with Crippen LogP contribution in [0.25, 0.3) is 0 Å². The van der Waals surface area contributed by atoms with E-state index in [9.17, 15) is 9.59 Å². The van der Waals surface area contributed by atoms with E-state index in [0.717, 1.165) is 6.54 Å². The smallest absolute Gasteiger partial charge is 0.407 e. The van der Waals surface area contributed by atoms with Gasteiger partial charge in [0.2, 0.25) is 0 Å². The molecule has 0 heterocycles. The van der Waals surface area contributed by atoms with Crippen molar-refractivity contribution in [2.45, 2.75) is 33.3 Å². The van der Waals surface area contributed by atoms with Gasteiger partial charge in [0.1, 0.15) is 12.2 Å². The summed E-state index contributed by atoms with van der Waals surface area (Å²) in [5, 5.41) is 2.62. The first-order valence-corrected chi connectivity index (χ1v) is 9.29. The number of ether oxygens (including phenoxy) is 5. The molecule has 0 atom stereocenters. The third-order valence-corrected chi connectivity index (χ3v) is 3.05. The topological polar surface area (TPSA) is 95.6 Å². The van der Waals surface area contributed by atoms with Crippen LogP contribution in [0, 0.1) is 0 Å². The van der Waals surface area contributed by atoms with E-state index in [1.807, 2.05) is 27.8 Å². The molecule has 0 fully saturated rings. The molecule has 27 heavy (non-hydrogen) atoms. The van der Waals surface area contributed by atoms with Gasteiger partial charge in [0.05, 0.1) is 39.6 Å². The van der Waals surface area contributed by atoms with Crippen LogP contribution in [0.1, 0.15) is 27.7 Å². The Hall–Kier alpha value is -1.42. The van der Waals surface area contributed by atoms with Crippen LogP contribution in [-0.4, -0.2) is 95.5 Å². The highest BCUT2D eigenvalue weighted by molar-refractivity contribution is 5.70. The van der Waals surface area contributed by atoms with Gasteiger partial charge in [-0.2, -0.15) is 0 Å². The van der Waals surface area contributed by atoms with E-state index in [-0.39, 0.29) is 12.6 Å². The maximum atomic E-state index is 11.4. The Labute approximate surface area is 162 Å². The normalized spacial score (nSPS) is 11.5. The van der Waals surface area contributed by atoms with Crippen molar-refractivity contribution in [3.63, 3.8) is 0 Å². The average Bonchev–Trinajstić information content (AvgIpc) is 2.56. The number of carbonyl (C=O) groups is 2. The molecule has 0 aliphatic carbocycles. The van der Waals surface area contributed by atoms with Gasteiger partial charge in [-0.1, -0.05) is 0 Å². The molecule has 0 rings (SSSR count). The molecule has 0 saturated heterocycles. The van der Waals surface area contributed by atoms with Crippen molar-refractivity contribution in [2.75, 3.05) is 72.9 Å². The zero-order valence-corrected chi connectivity index (χ0v) is 17.4. The lowest BCUT2D eigenvalue weighted by molar-refractivity contribution is -0.148. The summed E-state index contributed by atoms with van der Waals surface area (Å²) in [5.74, 6) is -0.343. The van der Waals surface area contributed by atoms with Crippen molar-refractivity contribution in [2.24, 2.45) is 0 Å². The van der Waals surface area contributed by atoms with Gasteiger partial charge >= 0.3 is 12.1 Å². The highest BCUT2D eigenvalue weighted by Crippen LogP contribution is 2.05. The van der Waals surface area contributed by atoms with Crippen molar-refractivity contribution in [3.05, 3.63) is 0 Å². The standard InChI is InChI=1S/C18H36N2O7/c1-6-26-16(21)15-25-12-9-20(5)8-11-24-14-13-23-10-7-19-17(22)27-18(2,3)4/h6-15H2,1-5H3,(H,19,22). The molecule has 0 aromatic rings. The third kappa shape index (κ3) is 19.2. The molecule has 0 bridgehead atoms. The van der Waals surface area contributed by atoms with E-state index in [4.69, 9.17) is 23.7 Å². The Morgan fingerprint density at radius 2 is 1.52 bits per heavy atom. The molecule has 0 unspecified atom stereocenters. The van der Waals surface area contributed by atoms with Gasteiger partial charge in [0.15, 0.2) is 0 Å². The van der Waals surface area contributed by atoms with Gasteiger partial charge in [0, 0.05) is 19.6 Å². The summed E-state index contributed by atoms with van der Waals surface area (Å²) in [6.45, 7) is 11.8. The second-order valence-corrected chi connectivity index (χ2v) is 6.81. The van der Waals surface area contributed by atoms with Crippen LogP contribution in [-0.2, 0) is 28.5 Å². The molecule has 0 aliphatic rings. The molecular weight excluding hydrogens is 356 g/mol. The predicted octanol–water partition coefficient (Wildman–Crippen LogP) is 1.06. The van der Waals surface area contributed by atoms with Gasteiger partial charge in [0.25, 0.3) is 0 Å². The molecule has 1 amide bonds. The number of alkyl carbamates (subject to hydrolysis) is 1. The maximum absolute atomic E-state index is 11.4. The highest BCUT2D eigenvalue weighted by Gasteiger charge is 2.15. The number of nitrogens with zero attached hydrogens (tertiary/aromatic N) is 1. The summed E-state index contributed by atoms with van der Waals surface area (Å²) in [6, 6.07) is 0. The van der Waals surface area contributed by atoms with Crippen LogP contribution in [0.4, 0.5) is 4.79 Å². The Balaban J connectivity index is 3.36. The van der Waals surface area contributed by atoms with E-state index in [0.29, 0.717) is 52.7 Å². The van der Waals surface area contributed by atoms with E-state index < -0.39 is 11.7 Å². The molecule has 0 radical (unpaired) electrons. The summed E-state index contributed by atoms with van der Waals surface area (Å²) in [6.07, 6.45) is -0.448. The monoisotopic (exact) mass is 392 g/mol. The second-order valence-electron chi connectivity index (χ2n) is 6.81. The molecule has 0 aliphatic heterocycles. The molecule has 1 N–H and O–H groups in total. The summed E-state index contributed by atoms with van der Waals surface area (Å²) < 4.78 is 26.0. The Morgan fingerprint density at radius 3 is 2.11 bits per heavy atom. The maximum Gasteiger partial charge on any atom is 0.407 e. The summed E-state index contributed by atoms with van der Waals surface area (Å²) in [5.41, 5.74) is -0.501. The van der Waals surface area contributed by atoms with Crippen molar-refractivity contribution >= 4 is 12.1 Å². The molecular formula is C18H36N2O7. The Kier molecular flexibility index (Phi) is 14.8. The number of nitrogens with one attached hydrogen (secondary N) is 1. The fourth-order valence-electron chi connectivity index (χ4n) is 1.77. The Bertz CT molecular complexity index is 400. The number of esters is 1. The Morgan fingerprint density at radius 1 is 0.926 bits per heavy atom. The van der Waals surface area contributed by atoms with Gasteiger partial charge in [-0.3, -0.25) is 0 Å². The first-order chi connectivity index (χ1) is 12.7. The van der Waals surface area contributed by atoms with Gasteiger partial charge < -0.3 is 33.9 Å². The number of rotatable bonds is 15. The first-order valence-electron chi connectivity index (χ1n) is 9.29. The van der Waals surface area contributed by atoms with E-state index in [2.05, 4.69) is 10.2 Å². The zero-order chi connectivity index (χ0) is 20.5. The van der Waals surface area contributed by atoms with E-state index in [1.54, 1.807) is 6.92 Å². The lowest BCUT2D eigenvalue weighted by Crippen LogP contribution is -2.34. The molecule has 9 nitrogen and oxygen atoms in total. The van der Waals surface area contributed by atoms with Crippen LogP contribution < -0.4 is 5.32 Å². The molecule has 0 aromatic heterocycles. The second kappa shape index (κ2) is 15.6. The predicted molar refractivity (Wildman–Crippen MR) is 101 cm³/mol. The fourth-order valence-corrected chi connectivity index (χ4v) is 1.77. The average molecular weight is 392 g/mol. The zero-order valence-electron chi connectivity index (χ0n) is 17.4. The number of hydrogen-bond acceptors (Lipinski definition) is 8. The molecule has 0 spiro atoms. The van der Waals surface area contributed by atoms with Crippen LogP contribution in [0.3, 0.4) is 0 Å². The lowest BCUT2D eigenvalue weighted by Gasteiger charge is -2.19. The third-order valence-electron chi connectivity index (χ3n) is 3.05. The highest BCUT2D eigenvalue weighted by atomic mass is 16.6. The minimum absolute atomic E-state index is 0.0156. The quantitative estimate of drug-likeness (QED) is 0.326. The van der Waals surface area contributed by atoms with Crippen LogP contribution in [0.5, 0.6) is 0 Å². The molecule has 160 valence electrons. The van der Waals surface area contributed by atoms with Crippen molar-refractivity contribution in [1.82, 2.24) is 10.2 Å². The SMILES string of the molecule is CCOC(=O)COCCN(C)CCOCCOCCNC(=O)OC(C)(C)C. The van der Waals surface area contributed by atoms with Crippen molar-refractivity contribution in [3.8, 4) is 0 Å². The number of amides is 1. The number of carbonyl (C=O) groups excluding carboxylic acids is 2. The van der Waals surface area contributed by atoms with Crippen LogP contribution >= 0.6 is 0 Å². The summed E-state index contributed by atoms with van der Waals surface area (Å²) >= 11 is 0. The minimum Gasteiger partial charge on any atom is -0.464 e. The van der Waals surface area contributed by atoms with Crippen LogP contribution in [0.15, 0.2) is 0 Å². The van der Waals surface area contributed by atoms with Crippen molar-refractivity contribution in [1.29, 1.82) is 0 Å². The lowest BCUT2D eigenvalue weighted by atomic mass is 10.2. The molecule has 0 aromatic carbocycles. The molecule has 9 heteroatoms. The largest absolute Gasteiger partial charge is 0.464 e. The fraction of sp³-hybridized carbons (Fsp3) is 0.889. The van der Waals surface area contributed by atoms with Gasteiger partial charge in [-0.05, 0) is 34.7 Å². The number of likely N-dealkylation sites (N-methyl/N-ethyl adjacent to an activating group) is 1. The van der Waals surface area contributed by atoms with Gasteiger partial charge in [-0.15, -0.1) is 0 Å². The van der Waals surface area contributed by atoms with E-state index in [1.165, 1.54) is 0 Å². The van der Waals surface area contributed by atoms with Crippen LogP contribution in [0.2, 0.25) is 0 Å². The first kappa shape index (κ1) is 25.6. The minimum atomic E-state index is -0.501. The summed E-state index contributed by atoms with van der Waals surface area (Å²) in [7, 11) is 1.95.